The molecule has 0 aliphatic carbocycles. The Hall–Kier alpha value is -2.36. The Labute approximate surface area is 118 Å². The maximum absolute atomic E-state index is 11.8. The molecule has 104 valence electrons. The number of ether oxygens (including phenoxy) is 1. The molecule has 1 amide bonds. The first-order chi connectivity index (χ1) is 9.67. The molecule has 0 aliphatic rings. The minimum atomic E-state index is -0.183. The molecule has 1 aromatic carbocycles. The molecule has 0 saturated carbocycles. The number of hydrogen-bond acceptors (Lipinski definition) is 3. The number of benzene rings is 1. The van der Waals surface area contributed by atoms with Crippen molar-refractivity contribution in [1.29, 1.82) is 0 Å². The summed E-state index contributed by atoms with van der Waals surface area (Å²) < 4.78 is 5.49. The summed E-state index contributed by atoms with van der Waals surface area (Å²) in [5, 5.41) is 2.78. The molecule has 1 heterocycles. The molecule has 4 heteroatoms. The second kappa shape index (κ2) is 6.70. The largest absolute Gasteiger partial charge is 0.484 e. The van der Waals surface area contributed by atoms with E-state index in [2.05, 4.69) is 17.2 Å². The molecule has 0 fully saturated rings. The van der Waals surface area contributed by atoms with Gasteiger partial charge in [0.15, 0.2) is 6.61 Å². The number of amides is 1. The van der Waals surface area contributed by atoms with Gasteiger partial charge in [0, 0.05) is 17.6 Å². The maximum atomic E-state index is 11.8. The minimum Gasteiger partial charge on any atom is -0.484 e. The van der Waals surface area contributed by atoms with Crippen molar-refractivity contribution in [2.24, 2.45) is 0 Å². The summed E-state index contributed by atoms with van der Waals surface area (Å²) in [6, 6.07) is 11.3. The quantitative estimate of drug-likeness (QED) is 0.908. The minimum absolute atomic E-state index is 0.00542. The number of carbonyl (C=O) groups is 1. The van der Waals surface area contributed by atoms with Gasteiger partial charge in [0.1, 0.15) is 5.75 Å². The number of hydrogen-bond donors (Lipinski definition) is 1. The monoisotopic (exact) mass is 270 g/mol. The SMILES string of the molecule is CCc1cccc(OCC(=O)Nc2ccnc(C)c2)c1. The fourth-order valence-electron chi connectivity index (χ4n) is 1.82. The van der Waals surface area contributed by atoms with Crippen molar-refractivity contribution in [2.75, 3.05) is 11.9 Å². The number of aromatic nitrogens is 1. The van der Waals surface area contributed by atoms with Crippen molar-refractivity contribution >= 4 is 11.6 Å². The van der Waals surface area contributed by atoms with E-state index in [9.17, 15) is 4.79 Å². The van der Waals surface area contributed by atoms with Gasteiger partial charge in [-0.3, -0.25) is 9.78 Å². The van der Waals surface area contributed by atoms with Crippen LogP contribution in [0.25, 0.3) is 0 Å². The predicted octanol–water partition coefficient (Wildman–Crippen LogP) is 2.97. The second-order valence-electron chi connectivity index (χ2n) is 4.52. The van der Waals surface area contributed by atoms with E-state index in [1.54, 1.807) is 12.3 Å². The van der Waals surface area contributed by atoms with Crippen LogP contribution in [0.5, 0.6) is 5.75 Å². The van der Waals surface area contributed by atoms with Crippen LogP contribution in [0.2, 0.25) is 0 Å². The summed E-state index contributed by atoms with van der Waals surface area (Å²) in [5.74, 6) is 0.530. The zero-order chi connectivity index (χ0) is 14.4. The number of pyridine rings is 1. The lowest BCUT2D eigenvalue weighted by Gasteiger charge is -2.08. The second-order valence-corrected chi connectivity index (χ2v) is 4.52. The first kappa shape index (κ1) is 14.1. The average molecular weight is 270 g/mol. The molecule has 0 radical (unpaired) electrons. The van der Waals surface area contributed by atoms with Gasteiger partial charge in [-0.25, -0.2) is 0 Å². The van der Waals surface area contributed by atoms with Crippen molar-refractivity contribution in [3.63, 3.8) is 0 Å². The highest BCUT2D eigenvalue weighted by Crippen LogP contribution is 2.14. The van der Waals surface area contributed by atoms with Gasteiger partial charge in [-0.05, 0) is 43.2 Å². The van der Waals surface area contributed by atoms with Crippen LogP contribution in [0, 0.1) is 6.92 Å². The van der Waals surface area contributed by atoms with E-state index in [1.807, 2.05) is 37.3 Å². The third-order valence-corrected chi connectivity index (χ3v) is 2.86. The summed E-state index contributed by atoms with van der Waals surface area (Å²) in [6.45, 7) is 3.95. The van der Waals surface area contributed by atoms with Gasteiger partial charge in [0.25, 0.3) is 5.91 Å². The molecule has 1 N–H and O–H groups in total. The normalized spacial score (nSPS) is 10.1. The molecular weight excluding hydrogens is 252 g/mol. The number of carbonyl (C=O) groups excluding carboxylic acids is 1. The lowest BCUT2D eigenvalue weighted by molar-refractivity contribution is -0.118. The van der Waals surface area contributed by atoms with E-state index in [-0.39, 0.29) is 12.5 Å². The Balaban J connectivity index is 1.88. The van der Waals surface area contributed by atoms with E-state index in [0.717, 1.165) is 17.8 Å². The standard InChI is InChI=1S/C16H18N2O2/c1-3-13-5-4-6-15(10-13)20-11-16(19)18-14-7-8-17-12(2)9-14/h4-10H,3,11H2,1-2H3,(H,17,18,19). The van der Waals surface area contributed by atoms with Crippen LogP contribution < -0.4 is 10.1 Å². The van der Waals surface area contributed by atoms with Crippen molar-refractivity contribution in [1.82, 2.24) is 4.98 Å². The van der Waals surface area contributed by atoms with Crippen LogP contribution in [-0.2, 0) is 11.2 Å². The van der Waals surface area contributed by atoms with Gasteiger partial charge in [-0.1, -0.05) is 19.1 Å². The molecule has 2 rings (SSSR count). The molecule has 2 aromatic rings. The molecule has 0 atom stereocenters. The number of nitrogens with zero attached hydrogens (tertiary/aromatic N) is 1. The zero-order valence-electron chi connectivity index (χ0n) is 11.7. The van der Waals surface area contributed by atoms with E-state index >= 15 is 0 Å². The topological polar surface area (TPSA) is 51.2 Å². The Bertz CT molecular complexity index is 597. The maximum Gasteiger partial charge on any atom is 0.262 e. The van der Waals surface area contributed by atoms with Gasteiger partial charge in [-0.2, -0.15) is 0 Å². The highest BCUT2D eigenvalue weighted by Gasteiger charge is 2.04. The predicted molar refractivity (Wildman–Crippen MR) is 78.9 cm³/mol. The van der Waals surface area contributed by atoms with Crippen LogP contribution in [0.4, 0.5) is 5.69 Å². The molecule has 0 spiro atoms. The number of rotatable bonds is 5. The third kappa shape index (κ3) is 4.09. The van der Waals surface area contributed by atoms with Crippen LogP contribution in [0.15, 0.2) is 42.6 Å². The summed E-state index contributed by atoms with van der Waals surface area (Å²) in [6.07, 6.45) is 2.61. The summed E-state index contributed by atoms with van der Waals surface area (Å²) in [7, 11) is 0. The molecule has 0 aliphatic heterocycles. The van der Waals surface area contributed by atoms with E-state index in [1.165, 1.54) is 5.56 Å². The smallest absolute Gasteiger partial charge is 0.262 e. The van der Waals surface area contributed by atoms with Gasteiger partial charge in [0.05, 0.1) is 0 Å². The fourth-order valence-corrected chi connectivity index (χ4v) is 1.82. The third-order valence-electron chi connectivity index (χ3n) is 2.86. The molecular formula is C16H18N2O2. The number of anilines is 1. The average Bonchev–Trinajstić information content (AvgIpc) is 2.45. The lowest BCUT2D eigenvalue weighted by atomic mass is 10.2. The van der Waals surface area contributed by atoms with Crippen LogP contribution in [0.3, 0.4) is 0 Å². The van der Waals surface area contributed by atoms with Crippen LogP contribution >= 0.6 is 0 Å². The van der Waals surface area contributed by atoms with Crippen molar-refractivity contribution < 1.29 is 9.53 Å². The lowest BCUT2D eigenvalue weighted by Crippen LogP contribution is -2.20. The highest BCUT2D eigenvalue weighted by molar-refractivity contribution is 5.91. The van der Waals surface area contributed by atoms with Crippen molar-refractivity contribution in [3.8, 4) is 5.75 Å². The fraction of sp³-hybridized carbons (Fsp3) is 0.250. The Kier molecular flexibility index (Phi) is 4.71. The van der Waals surface area contributed by atoms with Crippen molar-refractivity contribution in [2.45, 2.75) is 20.3 Å². The van der Waals surface area contributed by atoms with E-state index in [0.29, 0.717) is 5.75 Å². The first-order valence-corrected chi connectivity index (χ1v) is 6.61. The molecule has 0 bridgehead atoms. The van der Waals surface area contributed by atoms with Crippen LogP contribution in [0.1, 0.15) is 18.2 Å². The first-order valence-electron chi connectivity index (χ1n) is 6.61. The van der Waals surface area contributed by atoms with Gasteiger partial charge < -0.3 is 10.1 Å². The van der Waals surface area contributed by atoms with Gasteiger partial charge in [0.2, 0.25) is 0 Å². The van der Waals surface area contributed by atoms with Gasteiger partial charge >= 0.3 is 0 Å². The van der Waals surface area contributed by atoms with E-state index < -0.39 is 0 Å². The van der Waals surface area contributed by atoms with Gasteiger partial charge in [-0.15, -0.1) is 0 Å². The molecule has 20 heavy (non-hydrogen) atoms. The Morgan fingerprint density at radius 2 is 2.15 bits per heavy atom. The highest BCUT2D eigenvalue weighted by atomic mass is 16.5. The van der Waals surface area contributed by atoms with Crippen LogP contribution in [-0.4, -0.2) is 17.5 Å². The Morgan fingerprint density at radius 3 is 2.90 bits per heavy atom. The summed E-state index contributed by atoms with van der Waals surface area (Å²) >= 11 is 0. The molecule has 0 unspecified atom stereocenters. The summed E-state index contributed by atoms with van der Waals surface area (Å²) in [5.41, 5.74) is 2.78. The number of nitrogens with one attached hydrogen (secondary N) is 1. The molecule has 1 aromatic heterocycles. The molecule has 0 saturated heterocycles. The summed E-state index contributed by atoms with van der Waals surface area (Å²) in [4.78, 5) is 15.9. The Morgan fingerprint density at radius 1 is 1.30 bits per heavy atom. The van der Waals surface area contributed by atoms with Crippen molar-refractivity contribution in [3.05, 3.63) is 53.9 Å². The van der Waals surface area contributed by atoms with E-state index in [4.69, 9.17) is 4.74 Å². The number of aryl methyl sites for hydroxylation is 2. The zero-order valence-corrected chi connectivity index (χ0v) is 11.7. The molecule has 4 nitrogen and oxygen atoms in total.